The second kappa shape index (κ2) is 4.91. The van der Waals surface area contributed by atoms with Gasteiger partial charge in [-0.15, -0.1) is 0 Å². The van der Waals surface area contributed by atoms with Crippen LogP contribution in [0.3, 0.4) is 0 Å². The number of furan rings is 1. The maximum absolute atomic E-state index is 6.18. The van der Waals surface area contributed by atoms with Crippen molar-refractivity contribution in [3.8, 4) is 0 Å². The quantitative estimate of drug-likeness (QED) is 0.662. The molecule has 0 fully saturated rings. The van der Waals surface area contributed by atoms with E-state index in [-0.39, 0.29) is 5.41 Å². The van der Waals surface area contributed by atoms with Crippen LogP contribution >= 0.6 is 0 Å². The van der Waals surface area contributed by atoms with Crippen molar-refractivity contribution in [2.45, 2.75) is 46.5 Å². The van der Waals surface area contributed by atoms with Crippen LogP contribution in [0.4, 0.5) is 0 Å². The second-order valence-electron chi connectivity index (χ2n) is 7.00. The van der Waals surface area contributed by atoms with Crippen molar-refractivity contribution >= 4 is 16.5 Å². The average molecular weight is 280 g/mol. The fraction of sp³-hybridized carbons (Fsp3) is 0.400. The van der Waals surface area contributed by atoms with Gasteiger partial charge in [-0.05, 0) is 25.3 Å². The van der Waals surface area contributed by atoms with Crippen molar-refractivity contribution in [2.75, 3.05) is 0 Å². The smallest absolute Gasteiger partial charge is 0.139 e. The molecule has 0 amide bonds. The van der Waals surface area contributed by atoms with E-state index in [4.69, 9.17) is 4.42 Å². The molecule has 3 rings (SSSR count). The van der Waals surface area contributed by atoms with Crippen LogP contribution in [0.2, 0.25) is 0 Å². The molecule has 0 saturated carbocycles. The Morgan fingerprint density at radius 3 is 2.62 bits per heavy atom. The summed E-state index contributed by atoms with van der Waals surface area (Å²) >= 11 is 0. The van der Waals surface area contributed by atoms with Gasteiger partial charge in [0.2, 0.25) is 0 Å². The monoisotopic (exact) mass is 280 g/mol. The average Bonchev–Trinajstić information content (AvgIpc) is 2.89. The van der Waals surface area contributed by atoms with Gasteiger partial charge >= 0.3 is 0 Å². The summed E-state index contributed by atoms with van der Waals surface area (Å²) in [6.45, 7) is 11.3. The third kappa shape index (κ3) is 2.16. The lowest BCUT2D eigenvalue weighted by atomic mass is 9.81. The second-order valence-corrected chi connectivity index (χ2v) is 7.00. The third-order valence-corrected chi connectivity index (χ3v) is 4.70. The zero-order valence-electron chi connectivity index (χ0n) is 13.7. The first kappa shape index (κ1) is 14.2. The van der Waals surface area contributed by atoms with Crippen LogP contribution in [0.5, 0.6) is 0 Å². The molecular formula is C20H24O. The van der Waals surface area contributed by atoms with Gasteiger partial charge in [-0.3, -0.25) is 0 Å². The molecule has 1 heteroatoms. The molecule has 1 aliphatic carbocycles. The summed E-state index contributed by atoms with van der Waals surface area (Å²) in [7, 11) is 0. The van der Waals surface area contributed by atoms with E-state index < -0.39 is 0 Å². The van der Waals surface area contributed by atoms with Gasteiger partial charge in [0.1, 0.15) is 11.3 Å². The highest BCUT2D eigenvalue weighted by molar-refractivity contribution is 5.95. The Labute approximate surface area is 127 Å². The molecule has 0 spiro atoms. The minimum absolute atomic E-state index is 0.0411. The van der Waals surface area contributed by atoms with E-state index in [1.54, 1.807) is 0 Å². The van der Waals surface area contributed by atoms with E-state index in [2.05, 4.69) is 65.0 Å². The van der Waals surface area contributed by atoms with Crippen molar-refractivity contribution < 1.29 is 4.42 Å². The van der Waals surface area contributed by atoms with Gasteiger partial charge in [-0.2, -0.15) is 0 Å². The maximum atomic E-state index is 6.18. The molecule has 0 radical (unpaired) electrons. The number of rotatable bonds is 3. The van der Waals surface area contributed by atoms with Crippen LogP contribution in [0.15, 0.2) is 46.4 Å². The van der Waals surface area contributed by atoms with Crippen molar-refractivity contribution in [1.82, 2.24) is 0 Å². The number of para-hydroxylation sites is 1. The molecule has 1 aromatic heterocycles. The summed E-state index contributed by atoms with van der Waals surface area (Å²) in [5, 5.41) is 1.25. The Morgan fingerprint density at radius 1 is 1.19 bits per heavy atom. The largest absolute Gasteiger partial charge is 0.456 e. The van der Waals surface area contributed by atoms with E-state index >= 15 is 0 Å². The van der Waals surface area contributed by atoms with Gasteiger partial charge in [0.15, 0.2) is 0 Å². The lowest BCUT2D eigenvalue weighted by Gasteiger charge is -2.21. The van der Waals surface area contributed by atoms with Crippen molar-refractivity contribution in [2.24, 2.45) is 5.92 Å². The molecule has 0 atom stereocenters. The highest BCUT2D eigenvalue weighted by Gasteiger charge is 2.39. The predicted octanol–water partition coefficient (Wildman–Crippen LogP) is 6.10. The highest BCUT2D eigenvalue weighted by Crippen LogP contribution is 2.50. The first-order chi connectivity index (χ1) is 9.93. The Hall–Kier alpha value is -1.76. The minimum Gasteiger partial charge on any atom is -0.456 e. The van der Waals surface area contributed by atoms with Crippen molar-refractivity contribution in [1.29, 1.82) is 0 Å². The van der Waals surface area contributed by atoms with Gasteiger partial charge in [-0.1, -0.05) is 63.6 Å². The van der Waals surface area contributed by atoms with Gasteiger partial charge in [0.25, 0.3) is 0 Å². The van der Waals surface area contributed by atoms with E-state index in [1.807, 2.05) is 6.07 Å². The standard InChI is InChI=1S/C20H24O/c1-13(2)9-8-11-15-14(3)20(4,5)18-16-10-6-7-12-17(16)21-19(15)18/h6-8,10-13H,9H2,1-5H3/b11-8-. The Morgan fingerprint density at radius 2 is 1.90 bits per heavy atom. The first-order valence-electron chi connectivity index (χ1n) is 7.83. The molecule has 21 heavy (non-hydrogen) atoms. The van der Waals surface area contributed by atoms with Crippen LogP contribution in [0.1, 0.15) is 52.4 Å². The topological polar surface area (TPSA) is 13.1 Å². The molecule has 0 aliphatic heterocycles. The maximum Gasteiger partial charge on any atom is 0.139 e. The predicted molar refractivity (Wildman–Crippen MR) is 90.4 cm³/mol. The normalized spacial score (nSPS) is 17.4. The Balaban J connectivity index is 2.15. The Bertz CT molecular complexity index is 738. The summed E-state index contributed by atoms with van der Waals surface area (Å²) in [4.78, 5) is 0. The number of benzene rings is 1. The summed E-state index contributed by atoms with van der Waals surface area (Å²) < 4.78 is 6.18. The van der Waals surface area contributed by atoms with Crippen LogP contribution < -0.4 is 0 Å². The fourth-order valence-corrected chi connectivity index (χ4v) is 3.21. The fourth-order valence-electron chi connectivity index (χ4n) is 3.21. The van der Waals surface area contributed by atoms with Crippen LogP contribution in [-0.4, -0.2) is 0 Å². The summed E-state index contributed by atoms with van der Waals surface area (Å²) in [5.41, 5.74) is 5.06. The summed E-state index contributed by atoms with van der Waals surface area (Å²) in [5.74, 6) is 1.76. The minimum atomic E-state index is 0.0411. The SMILES string of the molecule is CC1=C(/C=C\CC(C)C)c2oc3ccccc3c2C1(C)C. The lowest BCUT2D eigenvalue weighted by Crippen LogP contribution is -2.15. The van der Waals surface area contributed by atoms with Gasteiger partial charge in [0, 0.05) is 21.9 Å². The molecule has 1 nitrogen and oxygen atoms in total. The van der Waals surface area contributed by atoms with E-state index in [1.165, 1.54) is 22.1 Å². The summed E-state index contributed by atoms with van der Waals surface area (Å²) in [6, 6.07) is 8.37. The van der Waals surface area contributed by atoms with E-state index in [9.17, 15) is 0 Å². The van der Waals surface area contributed by atoms with Crippen molar-refractivity contribution in [3.63, 3.8) is 0 Å². The van der Waals surface area contributed by atoms with Crippen molar-refractivity contribution in [3.05, 3.63) is 53.3 Å². The van der Waals surface area contributed by atoms with E-state index in [0.717, 1.165) is 17.8 Å². The molecule has 0 saturated heterocycles. The van der Waals surface area contributed by atoms with Crippen LogP contribution in [-0.2, 0) is 5.41 Å². The first-order valence-corrected chi connectivity index (χ1v) is 7.83. The number of hydrogen-bond acceptors (Lipinski definition) is 1. The van der Waals surface area contributed by atoms with E-state index in [0.29, 0.717) is 5.92 Å². The number of allylic oxidation sites excluding steroid dienone is 4. The molecular weight excluding hydrogens is 256 g/mol. The molecule has 0 N–H and O–H groups in total. The molecule has 1 aromatic carbocycles. The molecule has 2 aromatic rings. The van der Waals surface area contributed by atoms with Gasteiger partial charge < -0.3 is 4.42 Å². The highest BCUT2D eigenvalue weighted by atomic mass is 16.3. The molecule has 0 bridgehead atoms. The molecule has 1 aliphatic rings. The number of fused-ring (bicyclic) bond motifs is 3. The van der Waals surface area contributed by atoms with Gasteiger partial charge in [-0.25, -0.2) is 0 Å². The third-order valence-electron chi connectivity index (χ3n) is 4.70. The summed E-state index contributed by atoms with van der Waals surface area (Å²) in [6.07, 6.45) is 5.64. The van der Waals surface area contributed by atoms with Crippen LogP contribution in [0.25, 0.3) is 16.5 Å². The Kier molecular flexibility index (Phi) is 3.32. The van der Waals surface area contributed by atoms with Crippen LogP contribution in [0, 0.1) is 5.92 Å². The zero-order chi connectivity index (χ0) is 15.2. The molecule has 1 heterocycles. The van der Waals surface area contributed by atoms with Gasteiger partial charge in [0.05, 0.1) is 0 Å². The molecule has 110 valence electrons. The molecule has 0 unspecified atom stereocenters. The number of hydrogen-bond donors (Lipinski definition) is 0. The zero-order valence-corrected chi connectivity index (χ0v) is 13.7. The lowest BCUT2D eigenvalue weighted by molar-refractivity contribution is 0.584.